The van der Waals surface area contributed by atoms with Crippen molar-refractivity contribution < 1.29 is 0 Å². The highest BCUT2D eigenvalue weighted by molar-refractivity contribution is 5.67. The van der Waals surface area contributed by atoms with Gasteiger partial charge in [0.05, 0.1) is 22.4 Å². The number of imidazole rings is 1. The maximum Gasteiger partial charge on any atom is 0.138 e. The van der Waals surface area contributed by atoms with E-state index in [1.807, 2.05) is 25.1 Å². The van der Waals surface area contributed by atoms with E-state index in [9.17, 15) is 0 Å². The fourth-order valence-corrected chi connectivity index (χ4v) is 4.59. The molecule has 5 N–H and O–H groups in total. The summed E-state index contributed by atoms with van der Waals surface area (Å²) in [7, 11) is 0. The second-order valence-electron chi connectivity index (χ2n) is 10.2. The molecule has 35 heavy (non-hydrogen) atoms. The monoisotopic (exact) mass is 470 g/mol. The first-order valence-corrected chi connectivity index (χ1v) is 12.3. The molecule has 184 valence electrons. The van der Waals surface area contributed by atoms with Gasteiger partial charge < -0.3 is 21.4 Å². The summed E-state index contributed by atoms with van der Waals surface area (Å²) in [6, 6.07) is 14.6. The molecule has 3 aromatic rings. The number of aromatic amines is 1. The van der Waals surface area contributed by atoms with Gasteiger partial charge in [0.25, 0.3) is 0 Å². The Kier molecular flexibility index (Phi) is 7.03. The lowest BCUT2D eigenvalue weighted by Crippen LogP contribution is -2.47. The Morgan fingerprint density at radius 1 is 1.06 bits per heavy atom. The minimum atomic E-state index is 0.125. The van der Waals surface area contributed by atoms with E-state index in [1.54, 1.807) is 0 Å². The topological polar surface area (TPSA) is 87.2 Å². The average Bonchev–Trinajstić information content (AvgIpc) is 3.27. The SMILES string of the molecule is C=C/C(=c1/nc(-c2ccc(C(C)(C)C)cc2)[nH]/c1=C/C)N1CCN(Cc2cccc(N)c2N)CC1. The largest absolute Gasteiger partial charge is 0.397 e. The molecule has 0 bridgehead atoms. The van der Waals surface area contributed by atoms with Gasteiger partial charge in [-0.15, -0.1) is 0 Å². The Morgan fingerprint density at radius 3 is 2.34 bits per heavy atom. The van der Waals surface area contributed by atoms with Crippen molar-refractivity contribution in [2.45, 2.75) is 39.7 Å². The number of H-pyrrole nitrogens is 1. The lowest BCUT2D eigenvalue weighted by atomic mass is 9.87. The van der Waals surface area contributed by atoms with Gasteiger partial charge in [0.1, 0.15) is 11.2 Å². The highest BCUT2D eigenvalue weighted by Crippen LogP contribution is 2.25. The minimum Gasteiger partial charge on any atom is -0.397 e. The zero-order valence-electron chi connectivity index (χ0n) is 21.4. The van der Waals surface area contributed by atoms with Gasteiger partial charge in [-0.2, -0.15) is 0 Å². The number of piperazine rings is 1. The molecule has 1 aromatic heterocycles. The first-order valence-electron chi connectivity index (χ1n) is 12.3. The van der Waals surface area contributed by atoms with Gasteiger partial charge in [-0.25, -0.2) is 4.98 Å². The molecule has 6 heteroatoms. The Hall–Kier alpha value is -3.51. The van der Waals surface area contributed by atoms with Crippen molar-refractivity contribution in [3.05, 3.63) is 76.9 Å². The van der Waals surface area contributed by atoms with E-state index in [0.29, 0.717) is 11.4 Å². The zero-order chi connectivity index (χ0) is 25.2. The zero-order valence-corrected chi connectivity index (χ0v) is 21.4. The first kappa shape index (κ1) is 24.6. The predicted octanol–water partition coefficient (Wildman–Crippen LogP) is 3.45. The minimum absolute atomic E-state index is 0.125. The van der Waals surface area contributed by atoms with Crippen molar-refractivity contribution in [3.63, 3.8) is 0 Å². The smallest absolute Gasteiger partial charge is 0.138 e. The van der Waals surface area contributed by atoms with Crippen LogP contribution >= 0.6 is 0 Å². The molecule has 0 atom stereocenters. The highest BCUT2D eigenvalue weighted by Gasteiger charge is 2.20. The lowest BCUT2D eigenvalue weighted by Gasteiger charge is -2.36. The van der Waals surface area contributed by atoms with Crippen molar-refractivity contribution >= 4 is 23.1 Å². The number of nitrogens with zero attached hydrogens (tertiary/aromatic N) is 3. The fourth-order valence-electron chi connectivity index (χ4n) is 4.59. The van der Waals surface area contributed by atoms with Crippen LogP contribution in [0, 0.1) is 0 Å². The molecule has 4 rings (SSSR count). The molecule has 6 nitrogen and oxygen atoms in total. The Morgan fingerprint density at radius 2 is 1.74 bits per heavy atom. The van der Waals surface area contributed by atoms with Crippen LogP contribution in [0.15, 0.2) is 55.1 Å². The number of benzene rings is 2. The number of rotatable bonds is 5. The molecule has 2 aromatic carbocycles. The maximum atomic E-state index is 6.19. The number of aromatic nitrogens is 2. The molecular weight excluding hydrogens is 432 g/mol. The second kappa shape index (κ2) is 10.0. The Bertz CT molecular complexity index is 1300. The second-order valence-corrected chi connectivity index (χ2v) is 10.2. The molecule has 0 saturated carbocycles. The van der Waals surface area contributed by atoms with Crippen LogP contribution in [0.5, 0.6) is 0 Å². The summed E-state index contributed by atoms with van der Waals surface area (Å²) in [6.45, 7) is 17.3. The number of nitrogens with two attached hydrogens (primary N) is 2. The summed E-state index contributed by atoms with van der Waals surface area (Å²) >= 11 is 0. The standard InChI is InChI=1S/C29H38N6/c1-6-24-27(33-28(32-24)20-11-13-22(14-12-20)29(3,4)5)25(7-2)35-17-15-34(16-18-35)19-21-9-8-10-23(30)26(21)31/h6-14H,2,15-19,30-31H2,1,3-5H3,(H,32,33)/b24-6+,27-25-. The van der Waals surface area contributed by atoms with E-state index in [1.165, 1.54) is 5.56 Å². The van der Waals surface area contributed by atoms with Crippen LogP contribution in [0.4, 0.5) is 11.4 Å². The average molecular weight is 471 g/mol. The van der Waals surface area contributed by atoms with Crippen LogP contribution < -0.4 is 22.2 Å². The van der Waals surface area contributed by atoms with E-state index in [4.69, 9.17) is 16.5 Å². The van der Waals surface area contributed by atoms with Crippen molar-refractivity contribution in [2.75, 3.05) is 37.6 Å². The predicted molar refractivity (Wildman–Crippen MR) is 148 cm³/mol. The van der Waals surface area contributed by atoms with Gasteiger partial charge in [0, 0.05) is 38.3 Å². The van der Waals surface area contributed by atoms with Crippen molar-refractivity contribution in [1.29, 1.82) is 0 Å². The molecular formula is C29H38N6. The van der Waals surface area contributed by atoms with E-state index in [2.05, 4.69) is 78.5 Å². The normalized spacial score (nSPS) is 16.5. The molecule has 1 aliphatic heterocycles. The summed E-state index contributed by atoms with van der Waals surface area (Å²) < 4.78 is 0. The van der Waals surface area contributed by atoms with Crippen LogP contribution in [-0.4, -0.2) is 45.9 Å². The molecule has 0 amide bonds. The van der Waals surface area contributed by atoms with Gasteiger partial charge in [-0.05, 0) is 35.6 Å². The third-order valence-electron chi connectivity index (χ3n) is 6.82. The number of para-hydroxylation sites is 1. The number of nitrogen functional groups attached to an aromatic ring is 2. The Balaban J connectivity index is 1.56. The summed E-state index contributed by atoms with van der Waals surface area (Å²) in [6.07, 6.45) is 4.01. The molecule has 1 aliphatic rings. The van der Waals surface area contributed by atoms with E-state index < -0.39 is 0 Å². The van der Waals surface area contributed by atoms with Gasteiger partial charge in [-0.1, -0.05) is 69.8 Å². The van der Waals surface area contributed by atoms with Crippen LogP contribution in [0.2, 0.25) is 0 Å². The van der Waals surface area contributed by atoms with Crippen LogP contribution in [0.1, 0.15) is 38.8 Å². The molecule has 2 heterocycles. The summed E-state index contributed by atoms with van der Waals surface area (Å²) in [5.41, 5.74) is 18.2. The van der Waals surface area contributed by atoms with Gasteiger partial charge >= 0.3 is 0 Å². The van der Waals surface area contributed by atoms with Crippen LogP contribution in [0.3, 0.4) is 0 Å². The molecule has 1 saturated heterocycles. The number of hydrogen-bond donors (Lipinski definition) is 3. The summed E-state index contributed by atoms with van der Waals surface area (Å²) in [5.74, 6) is 0.878. The van der Waals surface area contributed by atoms with Crippen molar-refractivity contribution in [2.24, 2.45) is 0 Å². The fraction of sp³-hybridized carbons (Fsp3) is 0.345. The maximum absolute atomic E-state index is 6.19. The van der Waals surface area contributed by atoms with Gasteiger partial charge in [0.2, 0.25) is 0 Å². The van der Waals surface area contributed by atoms with Crippen molar-refractivity contribution in [1.82, 2.24) is 19.8 Å². The summed E-state index contributed by atoms with van der Waals surface area (Å²) in [4.78, 5) is 13.3. The molecule has 1 fully saturated rings. The number of hydrogen-bond acceptors (Lipinski definition) is 5. The van der Waals surface area contributed by atoms with E-state index >= 15 is 0 Å². The van der Waals surface area contributed by atoms with E-state index in [0.717, 1.165) is 66.1 Å². The lowest BCUT2D eigenvalue weighted by molar-refractivity contribution is 0.169. The first-order chi connectivity index (χ1) is 16.7. The van der Waals surface area contributed by atoms with Crippen LogP contribution in [-0.2, 0) is 12.0 Å². The number of anilines is 2. The quantitative estimate of drug-likeness (QED) is 0.497. The third-order valence-corrected chi connectivity index (χ3v) is 6.82. The highest BCUT2D eigenvalue weighted by atomic mass is 15.3. The van der Waals surface area contributed by atoms with Gasteiger partial charge in [-0.3, -0.25) is 4.90 Å². The molecule has 0 radical (unpaired) electrons. The van der Waals surface area contributed by atoms with Crippen molar-refractivity contribution in [3.8, 4) is 11.4 Å². The Labute approximate surface area is 208 Å². The molecule has 0 aliphatic carbocycles. The van der Waals surface area contributed by atoms with E-state index in [-0.39, 0.29) is 5.41 Å². The van der Waals surface area contributed by atoms with Gasteiger partial charge in [0.15, 0.2) is 0 Å². The molecule has 0 spiro atoms. The summed E-state index contributed by atoms with van der Waals surface area (Å²) in [5, 5.41) is 1.97. The number of nitrogens with one attached hydrogen (secondary N) is 1. The van der Waals surface area contributed by atoms with Crippen LogP contribution in [0.25, 0.3) is 23.2 Å². The molecule has 0 unspecified atom stereocenters. The third kappa shape index (κ3) is 5.28.